The van der Waals surface area contributed by atoms with E-state index in [1.165, 1.54) is 19.2 Å². The van der Waals surface area contributed by atoms with Crippen molar-refractivity contribution >= 4 is 89.7 Å². The van der Waals surface area contributed by atoms with Gasteiger partial charge in [0.2, 0.25) is 11.4 Å². The topological polar surface area (TPSA) is 151 Å². The van der Waals surface area contributed by atoms with Gasteiger partial charge in [-0.05, 0) is 85.2 Å². The summed E-state index contributed by atoms with van der Waals surface area (Å²) in [6.45, 7) is 5.52. The number of likely N-dealkylation sites (N-methyl/N-ethyl adjacent to an activating group) is 1. The summed E-state index contributed by atoms with van der Waals surface area (Å²) >= 11 is 3.14. The summed E-state index contributed by atoms with van der Waals surface area (Å²) in [5.41, 5.74) is 4.53. The van der Waals surface area contributed by atoms with Gasteiger partial charge in [0.15, 0.2) is 6.54 Å². The van der Waals surface area contributed by atoms with Crippen LogP contribution < -0.4 is 14.8 Å². The third-order valence-corrected chi connectivity index (χ3v) is 13.6. The molecule has 0 aliphatic carbocycles. The van der Waals surface area contributed by atoms with Crippen LogP contribution in [0.15, 0.2) is 130 Å². The van der Waals surface area contributed by atoms with E-state index in [1.807, 2.05) is 61.5 Å². The highest BCUT2D eigenvalue weighted by Gasteiger charge is 2.41. The van der Waals surface area contributed by atoms with Crippen LogP contribution in [0.5, 0.6) is 0 Å². The first-order valence-electron chi connectivity index (χ1n) is 20.4. The summed E-state index contributed by atoms with van der Waals surface area (Å²) in [5.74, 6) is -2.62. The van der Waals surface area contributed by atoms with E-state index in [2.05, 4.69) is 64.2 Å². The number of hydrogen-bond donors (Lipinski definition) is 1. The number of imide groups is 2. The molecule has 0 bridgehead atoms. The van der Waals surface area contributed by atoms with Crippen LogP contribution in [-0.4, -0.2) is 72.0 Å². The van der Waals surface area contributed by atoms with Gasteiger partial charge in [-0.1, -0.05) is 109 Å². The standard InChI is InChI=1S/C47H47N5O7S3/c1-5-7-18-36-45(54)49(4)47(56)51(46(36)55)30-41(53)48-40(20-8-6-2)52-37-29-34(32-15-10-9-11-16-32)22-23-38(37)60-43(52)28-31(3)27-42-50(25-14-26-62(57,58)59)44-35-19-13-12-17-33(35)21-24-39(44)61-42/h5,7,9-13,15-19,21-24,27-29,40H,6,8,14,20,25-26,30H2,1-4H3,(H-,48,53,57,58,59). The van der Waals surface area contributed by atoms with Gasteiger partial charge in [0.1, 0.15) is 23.0 Å². The number of fused-ring (bicyclic) bond motifs is 4. The molecule has 5 aromatic rings. The lowest BCUT2D eigenvalue weighted by atomic mass is 10.0. The second-order valence-corrected chi connectivity index (χ2v) is 18.8. The van der Waals surface area contributed by atoms with Crippen LogP contribution in [0.1, 0.15) is 51.5 Å². The Hall–Kier alpha value is -5.87. The minimum atomic E-state index is -4.41. The molecule has 12 nitrogen and oxygen atoms in total. The Morgan fingerprint density at radius 2 is 1.71 bits per heavy atom. The van der Waals surface area contributed by atoms with Crippen LogP contribution >= 0.6 is 23.1 Å². The van der Waals surface area contributed by atoms with E-state index >= 15 is 0 Å². The fraction of sp³-hybridized carbons (Fsp3) is 0.255. The van der Waals surface area contributed by atoms with Gasteiger partial charge in [0, 0.05) is 30.2 Å². The number of rotatable bonds is 15. The third kappa shape index (κ3) is 9.60. The number of thioether (sulfide) groups is 1. The van der Waals surface area contributed by atoms with E-state index in [0.29, 0.717) is 13.0 Å². The van der Waals surface area contributed by atoms with Crippen LogP contribution in [0.3, 0.4) is 0 Å². The Bertz CT molecular complexity index is 2810. The van der Waals surface area contributed by atoms with Gasteiger partial charge >= 0.3 is 6.03 Å². The summed E-state index contributed by atoms with van der Waals surface area (Å²) in [6, 6.07) is 27.5. The Labute approximate surface area is 369 Å². The second-order valence-electron chi connectivity index (χ2n) is 15.1. The van der Waals surface area contributed by atoms with Crippen molar-refractivity contribution in [3.05, 3.63) is 130 Å². The van der Waals surface area contributed by atoms with Gasteiger partial charge in [-0.25, -0.2) is 13.2 Å². The van der Waals surface area contributed by atoms with Crippen molar-refractivity contribution in [2.24, 2.45) is 0 Å². The summed E-state index contributed by atoms with van der Waals surface area (Å²) in [5, 5.41) is 6.94. The van der Waals surface area contributed by atoms with E-state index in [1.54, 1.807) is 36.1 Å². The number of allylic oxidation sites excluding steroid dienone is 5. The zero-order valence-corrected chi connectivity index (χ0v) is 37.3. The molecule has 1 aromatic heterocycles. The van der Waals surface area contributed by atoms with E-state index in [9.17, 15) is 32.1 Å². The average molecular weight is 890 g/mol. The summed E-state index contributed by atoms with van der Waals surface area (Å²) in [4.78, 5) is 58.3. The largest absolute Gasteiger partial charge is 0.748 e. The van der Waals surface area contributed by atoms with Crippen molar-refractivity contribution in [2.45, 2.75) is 64.1 Å². The number of urea groups is 1. The van der Waals surface area contributed by atoms with Gasteiger partial charge < -0.3 is 14.8 Å². The third-order valence-electron chi connectivity index (χ3n) is 10.6. The van der Waals surface area contributed by atoms with Gasteiger partial charge in [-0.2, -0.15) is 4.57 Å². The van der Waals surface area contributed by atoms with Crippen LogP contribution in [0, 0.1) is 0 Å². The summed E-state index contributed by atoms with van der Waals surface area (Å²) < 4.78 is 38.0. The molecule has 5 amide bonds. The molecule has 2 aliphatic heterocycles. The number of anilines is 1. The fourth-order valence-corrected chi connectivity index (χ4v) is 10.5. The number of benzene rings is 4. The van der Waals surface area contributed by atoms with Crippen LogP contribution in [0.25, 0.3) is 38.2 Å². The molecule has 1 saturated heterocycles. The van der Waals surface area contributed by atoms with Crippen molar-refractivity contribution in [3.63, 3.8) is 0 Å². The highest BCUT2D eigenvalue weighted by Crippen LogP contribution is 2.49. The van der Waals surface area contributed by atoms with Crippen molar-refractivity contribution in [2.75, 3.05) is 24.2 Å². The zero-order valence-electron chi connectivity index (χ0n) is 34.9. The lowest BCUT2D eigenvalue weighted by Gasteiger charge is -2.34. The molecular formula is C47H47N5O7S3. The van der Waals surface area contributed by atoms with E-state index < -0.39 is 52.3 Å². The summed E-state index contributed by atoms with van der Waals surface area (Å²) in [6.07, 6.45) is 10.3. The number of unbranched alkanes of at least 4 members (excludes halogenated alkanes) is 1. The minimum absolute atomic E-state index is 0.155. The summed E-state index contributed by atoms with van der Waals surface area (Å²) in [7, 11) is -3.12. The molecule has 62 heavy (non-hydrogen) atoms. The molecule has 1 unspecified atom stereocenters. The molecule has 2 aliphatic rings. The number of nitrogens with one attached hydrogen (secondary N) is 1. The van der Waals surface area contributed by atoms with Crippen molar-refractivity contribution in [1.82, 2.24) is 15.1 Å². The maximum atomic E-state index is 14.1. The number of amides is 5. The smallest absolute Gasteiger partial charge is 0.334 e. The number of aromatic nitrogens is 1. The maximum absolute atomic E-state index is 14.1. The molecule has 0 saturated carbocycles. The van der Waals surface area contributed by atoms with Gasteiger partial charge in [0.05, 0.1) is 26.2 Å². The predicted molar refractivity (Wildman–Crippen MR) is 245 cm³/mol. The SMILES string of the molecule is CC=CC=C1C(=O)N(C)C(=O)N(CC(=O)NC(CCCC)N2C(=CC(C)=Cc3sc4ccc5ccccc5c4[n+]3CCCS(=O)(=O)[O-])Sc3ccc(-c4ccccc4)cc32)C1=O. The number of carbonyl (C=O) groups is 4. The molecule has 1 N–H and O–H groups in total. The van der Waals surface area contributed by atoms with Crippen molar-refractivity contribution in [3.8, 4) is 11.1 Å². The first kappa shape index (κ1) is 44.2. The highest BCUT2D eigenvalue weighted by atomic mass is 32.2. The fourth-order valence-electron chi connectivity index (χ4n) is 7.62. The lowest BCUT2D eigenvalue weighted by Crippen LogP contribution is -2.58. The van der Waals surface area contributed by atoms with E-state index in [-0.39, 0.29) is 12.0 Å². The average Bonchev–Trinajstić information content (AvgIpc) is 3.79. The van der Waals surface area contributed by atoms with E-state index in [0.717, 1.165) is 81.0 Å². The molecule has 0 spiro atoms. The molecule has 1 fully saturated rings. The Balaban J connectivity index is 1.28. The lowest BCUT2D eigenvalue weighted by molar-refractivity contribution is -0.667. The first-order valence-corrected chi connectivity index (χ1v) is 23.6. The van der Waals surface area contributed by atoms with Gasteiger partial charge in [0.25, 0.3) is 16.8 Å². The Morgan fingerprint density at radius 3 is 2.45 bits per heavy atom. The quantitative estimate of drug-likeness (QED) is 0.0474. The molecule has 3 heterocycles. The monoisotopic (exact) mass is 889 g/mol. The predicted octanol–water partition coefficient (Wildman–Crippen LogP) is 8.36. The minimum Gasteiger partial charge on any atom is -0.748 e. The van der Waals surface area contributed by atoms with Crippen molar-refractivity contribution in [1.29, 1.82) is 0 Å². The molecule has 0 radical (unpaired) electrons. The highest BCUT2D eigenvalue weighted by molar-refractivity contribution is 8.03. The number of thiazole rings is 1. The molecule has 4 aromatic carbocycles. The number of aryl methyl sites for hydroxylation is 1. The molecule has 320 valence electrons. The zero-order chi connectivity index (χ0) is 44.1. The number of nitrogens with zero attached hydrogens (tertiary/aromatic N) is 4. The van der Waals surface area contributed by atoms with Crippen LogP contribution in [0.4, 0.5) is 10.5 Å². The first-order chi connectivity index (χ1) is 29.8. The second kappa shape index (κ2) is 19.0. The molecule has 1 atom stereocenters. The Morgan fingerprint density at radius 1 is 0.952 bits per heavy atom. The van der Waals surface area contributed by atoms with Gasteiger partial charge in [-0.3, -0.25) is 24.2 Å². The number of barbiturate groups is 1. The normalized spacial score (nSPS) is 16.8. The molecule has 15 heteroatoms. The molecule has 7 rings (SSSR count). The molecular weight excluding hydrogens is 843 g/mol. The number of hydrogen-bond acceptors (Lipinski definition) is 10. The maximum Gasteiger partial charge on any atom is 0.334 e. The van der Waals surface area contributed by atoms with Crippen LogP contribution in [0.2, 0.25) is 0 Å². The van der Waals surface area contributed by atoms with Gasteiger partial charge in [-0.15, -0.1) is 0 Å². The van der Waals surface area contributed by atoms with Crippen LogP contribution in [-0.2, 0) is 31.0 Å². The van der Waals surface area contributed by atoms with E-state index in [4.69, 9.17) is 0 Å². The van der Waals surface area contributed by atoms with Crippen molar-refractivity contribution < 1.29 is 36.7 Å². The number of carbonyl (C=O) groups excluding carboxylic acids is 4. The Kier molecular flexibility index (Phi) is 13.6.